The number of alkyl halides is 3. The van der Waals surface area contributed by atoms with Crippen molar-refractivity contribution in [2.24, 2.45) is 0 Å². The van der Waals surface area contributed by atoms with Crippen LogP contribution in [0.5, 0.6) is 0 Å². The van der Waals surface area contributed by atoms with E-state index in [1.807, 2.05) is 13.8 Å². The normalized spacial score (nSPS) is 19.1. The molecule has 1 fully saturated rings. The van der Waals surface area contributed by atoms with Crippen LogP contribution < -0.4 is 5.32 Å². The molecule has 0 bridgehead atoms. The predicted octanol–water partition coefficient (Wildman–Crippen LogP) is 3.57. The first-order valence-electron chi connectivity index (χ1n) is 7.42. The van der Waals surface area contributed by atoms with Crippen LogP contribution in [0.1, 0.15) is 52.4 Å². The molecular weight excluding hydrogens is 253 g/mol. The second kappa shape index (κ2) is 8.10. The van der Waals surface area contributed by atoms with Crippen molar-refractivity contribution in [3.8, 4) is 0 Å². The summed E-state index contributed by atoms with van der Waals surface area (Å²) in [5.74, 6) is 0. The molecule has 1 saturated carbocycles. The fraction of sp³-hybridized carbons (Fsp3) is 1.00. The van der Waals surface area contributed by atoms with Gasteiger partial charge in [0, 0.05) is 25.2 Å². The zero-order valence-electron chi connectivity index (χ0n) is 12.1. The maximum absolute atomic E-state index is 12.4. The zero-order chi connectivity index (χ0) is 14.3. The average molecular weight is 280 g/mol. The Bertz CT molecular complexity index is 233. The highest BCUT2D eigenvalue weighted by Gasteiger charge is 2.31. The van der Waals surface area contributed by atoms with Gasteiger partial charge in [-0.1, -0.05) is 25.7 Å². The van der Waals surface area contributed by atoms with Gasteiger partial charge in [-0.25, -0.2) is 0 Å². The van der Waals surface area contributed by atoms with Crippen LogP contribution in [0.15, 0.2) is 0 Å². The Balaban J connectivity index is 2.27. The van der Waals surface area contributed by atoms with E-state index < -0.39 is 12.7 Å². The first kappa shape index (κ1) is 16.8. The Hall–Kier alpha value is -0.290. The lowest BCUT2D eigenvalue weighted by Gasteiger charge is -2.28. The van der Waals surface area contributed by atoms with Crippen molar-refractivity contribution in [3.05, 3.63) is 0 Å². The van der Waals surface area contributed by atoms with Crippen molar-refractivity contribution in [3.63, 3.8) is 0 Å². The monoisotopic (exact) mass is 280 g/mol. The van der Waals surface area contributed by atoms with E-state index in [9.17, 15) is 13.2 Å². The highest BCUT2D eigenvalue weighted by Crippen LogP contribution is 2.18. The molecule has 0 saturated heterocycles. The van der Waals surface area contributed by atoms with Crippen molar-refractivity contribution in [2.45, 2.75) is 70.6 Å². The predicted molar refractivity (Wildman–Crippen MR) is 72.3 cm³/mol. The van der Waals surface area contributed by atoms with Crippen molar-refractivity contribution < 1.29 is 13.2 Å². The summed E-state index contributed by atoms with van der Waals surface area (Å²) in [4.78, 5) is 1.49. The molecule has 1 N–H and O–H groups in total. The highest BCUT2D eigenvalue weighted by molar-refractivity contribution is 4.73. The van der Waals surface area contributed by atoms with Crippen LogP contribution in [-0.2, 0) is 0 Å². The van der Waals surface area contributed by atoms with Gasteiger partial charge in [0.1, 0.15) is 0 Å². The van der Waals surface area contributed by atoms with E-state index in [2.05, 4.69) is 5.32 Å². The molecule has 114 valence electrons. The molecule has 0 aromatic heterocycles. The summed E-state index contributed by atoms with van der Waals surface area (Å²) in [6, 6.07) is 0.431. The minimum absolute atomic E-state index is 0.0717. The lowest BCUT2D eigenvalue weighted by Crippen LogP contribution is -2.44. The molecule has 0 unspecified atom stereocenters. The molecule has 0 aliphatic heterocycles. The number of halogens is 3. The van der Waals surface area contributed by atoms with Gasteiger partial charge in [0.2, 0.25) is 0 Å². The number of rotatable bonds is 6. The zero-order valence-corrected chi connectivity index (χ0v) is 12.1. The molecule has 0 aromatic carbocycles. The van der Waals surface area contributed by atoms with Crippen LogP contribution in [0.4, 0.5) is 13.2 Å². The fourth-order valence-corrected chi connectivity index (χ4v) is 2.65. The van der Waals surface area contributed by atoms with Gasteiger partial charge in [0.05, 0.1) is 6.54 Å². The van der Waals surface area contributed by atoms with Crippen molar-refractivity contribution in [1.82, 2.24) is 10.2 Å². The van der Waals surface area contributed by atoms with Crippen molar-refractivity contribution >= 4 is 0 Å². The van der Waals surface area contributed by atoms with Gasteiger partial charge in [0.25, 0.3) is 0 Å². The topological polar surface area (TPSA) is 15.3 Å². The van der Waals surface area contributed by atoms with E-state index in [1.54, 1.807) is 0 Å². The van der Waals surface area contributed by atoms with Crippen LogP contribution in [-0.4, -0.2) is 42.8 Å². The lowest BCUT2D eigenvalue weighted by atomic mass is 10.1. The molecular formula is C14H27F3N2. The van der Waals surface area contributed by atoms with E-state index in [0.717, 1.165) is 0 Å². The SMILES string of the molecule is CC(C)N(CCNC1CCCCCC1)CC(F)(F)F. The third-order valence-electron chi connectivity index (χ3n) is 3.80. The van der Waals surface area contributed by atoms with Gasteiger partial charge >= 0.3 is 6.18 Å². The van der Waals surface area contributed by atoms with E-state index in [4.69, 9.17) is 0 Å². The van der Waals surface area contributed by atoms with E-state index >= 15 is 0 Å². The molecule has 19 heavy (non-hydrogen) atoms. The number of hydrogen-bond donors (Lipinski definition) is 1. The molecule has 0 spiro atoms. The van der Waals surface area contributed by atoms with Crippen LogP contribution in [0.3, 0.4) is 0 Å². The van der Waals surface area contributed by atoms with Gasteiger partial charge in [-0.2, -0.15) is 13.2 Å². The van der Waals surface area contributed by atoms with Gasteiger partial charge in [0.15, 0.2) is 0 Å². The van der Waals surface area contributed by atoms with Crippen molar-refractivity contribution in [2.75, 3.05) is 19.6 Å². The van der Waals surface area contributed by atoms with Gasteiger partial charge < -0.3 is 5.32 Å². The Morgan fingerprint density at radius 2 is 1.68 bits per heavy atom. The Labute approximate surface area is 114 Å². The Kier molecular flexibility index (Phi) is 7.15. The summed E-state index contributed by atoms with van der Waals surface area (Å²) < 4.78 is 37.3. The largest absolute Gasteiger partial charge is 0.401 e. The number of hydrogen-bond acceptors (Lipinski definition) is 2. The number of nitrogens with one attached hydrogen (secondary N) is 1. The molecule has 0 aromatic rings. The molecule has 5 heteroatoms. The summed E-state index contributed by atoms with van der Waals surface area (Å²) in [6.45, 7) is 3.94. The van der Waals surface area contributed by atoms with E-state index in [0.29, 0.717) is 19.1 Å². The minimum Gasteiger partial charge on any atom is -0.313 e. The summed E-state index contributed by atoms with van der Waals surface area (Å²) in [5.41, 5.74) is 0. The van der Waals surface area contributed by atoms with Crippen molar-refractivity contribution in [1.29, 1.82) is 0 Å². The van der Waals surface area contributed by atoms with Crippen LogP contribution in [0.2, 0.25) is 0 Å². The first-order valence-corrected chi connectivity index (χ1v) is 7.42. The molecule has 1 aliphatic carbocycles. The smallest absolute Gasteiger partial charge is 0.313 e. The lowest BCUT2D eigenvalue weighted by molar-refractivity contribution is -0.149. The Morgan fingerprint density at radius 3 is 2.16 bits per heavy atom. The van der Waals surface area contributed by atoms with Gasteiger partial charge in [-0.15, -0.1) is 0 Å². The third-order valence-corrected chi connectivity index (χ3v) is 3.80. The van der Waals surface area contributed by atoms with Gasteiger partial charge in [-0.05, 0) is 26.7 Å². The quantitative estimate of drug-likeness (QED) is 0.748. The fourth-order valence-electron chi connectivity index (χ4n) is 2.65. The Morgan fingerprint density at radius 1 is 1.11 bits per heavy atom. The molecule has 0 radical (unpaired) electrons. The maximum Gasteiger partial charge on any atom is 0.401 e. The molecule has 2 nitrogen and oxygen atoms in total. The maximum atomic E-state index is 12.4. The molecule has 0 amide bonds. The van der Waals surface area contributed by atoms with E-state index in [-0.39, 0.29) is 6.04 Å². The van der Waals surface area contributed by atoms with Crippen LogP contribution >= 0.6 is 0 Å². The molecule has 1 rings (SSSR count). The van der Waals surface area contributed by atoms with E-state index in [1.165, 1.54) is 43.4 Å². The van der Waals surface area contributed by atoms with Gasteiger partial charge in [-0.3, -0.25) is 4.90 Å². The summed E-state index contributed by atoms with van der Waals surface area (Å²) in [7, 11) is 0. The van der Waals surface area contributed by atoms with Crippen LogP contribution in [0.25, 0.3) is 0 Å². The molecule has 1 aliphatic rings. The molecule has 0 heterocycles. The summed E-state index contributed by atoms with van der Waals surface area (Å²) in [6.07, 6.45) is 3.31. The minimum atomic E-state index is -4.10. The summed E-state index contributed by atoms with van der Waals surface area (Å²) >= 11 is 0. The molecule has 0 atom stereocenters. The van der Waals surface area contributed by atoms with Crippen LogP contribution in [0, 0.1) is 0 Å². The first-order chi connectivity index (χ1) is 8.88. The number of nitrogens with zero attached hydrogens (tertiary/aromatic N) is 1. The third kappa shape index (κ3) is 7.78. The standard InChI is InChI=1S/C14H27F3N2/c1-12(2)19(11-14(15,16)17)10-9-18-13-7-5-3-4-6-8-13/h12-13,18H,3-11H2,1-2H3. The summed E-state index contributed by atoms with van der Waals surface area (Å²) in [5, 5.41) is 3.42. The highest BCUT2D eigenvalue weighted by atomic mass is 19.4. The average Bonchev–Trinajstić information content (AvgIpc) is 2.54. The second-order valence-electron chi connectivity index (χ2n) is 5.82. The second-order valence-corrected chi connectivity index (χ2v) is 5.82.